The van der Waals surface area contributed by atoms with Crippen LogP contribution in [0, 0.1) is 0 Å². The molecule has 0 amide bonds. The van der Waals surface area contributed by atoms with Gasteiger partial charge in [-0.3, -0.25) is 14.4 Å². The molecule has 4 nitrogen and oxygen atoms in total. The molecule has 0 aliphatic heterocycles. The zero-order valence-corrected chi connectivity index (χ0v) is 8.52. The lowest BCUT2D eigenvalue weighted by atomic mass is 9.90. The van der Waals surface area contributed by atoms with E-state index in [4.69, 9.17) is 0 Å². The number of hydrogen-bond acceptors (Lipinski definition) is 4. The smallest absolute Gasteiger partial charge is 0.298 e. The highest BCUT2D eigenvalue weighted by molar-refractivity contribution is 6.24. The molecule has 0 heterocycles. The van der Waals surface area contributed by atoms with Crippen molar-refractivity contribution in [3.63, 3.8) is 0 Å². The molecule has 0 radical (unpaired) electrons. The maximum atomic E-state index is 11.7. The SMILES string of the molecule is CC1=CC(=O)c2cc(OC=O)ccc2C1=O. The molecule has 80 valence electrons. The number of Topliss-reactive ketones (excluding diaryl/α,β-unsaturated/α-hetero) is 1. The molecule has 0 spiro atoms. The van der Waals surface area contributed by atoms with Crippen LogP contribution in [0.25, 0.3) is 0 Å². The quantitative estimate of drug-likeness (QED) is 0.703. The Bertz CT molecular complexity index is 526. The maximum absolute atomic E-state index is 11.7. The first-order valence-electron chi connectivity index (χ1n) is 4.65. The lowest BCUT2D eigenvalue weighted by molar-refractivity contribution is -0.120. The van der Waals surface area contributed by atoms with Gasteiger partial charge in [0.15, 0.2) is 11.6 Å². The van der Waals surface area contributed by atoms with E-state index >= 15 is 0 Å². The van der Waals surface area contributed by atoms with Crippen molar-refractivity contribution in [2.24, 2.45) is 0 Å². The molecule has 2 rings (SSSR count). The summed E-state index contributed by atoms with van der Waals surface area (Å²) >= 11 is 0. The Morgan fingerprint density at radius 1 is 1.19 bits per heavy atom. The van der Waals surface area contributed by atoms with Crippen molar-refractivity contribution in [2.45, 2.75) is 6.92 Å². The third kappa shape index (κ3) is 1.54. The van der Waals surface area contributed by atoms with Crippen molar-refractivity contribution in [3.8, 4) is 5.75 Å². The van der Waals surface area contributed by atoms with E-state index in [2.05, 4.69) is 4.74 Å². The van der Waals surface area contributed by atoms with Crippen molar-refractivity contribution in [2.75, 3.05) is 0 Å². The van der Waals surface area contributed by atoms with Gasteiger partial charge in [0.1, 0.15) is 5.75 Å². The molecule has 0 saturated heterocycles. The average molecular weight is 216 g/mol. The van der Waals surface area contributed by atoms with Gasteiger partial charge in [-0.2, -0.15) is 0 Å². The summed E-state index contributed by atoms with van der Waals surface area (Å²) < 4.78 is 4.62. The van der Waals surface area contributed by atoms with E-state index in [-0.39, 0.29) is 29.4 Å². The maximum Gasteiger partial charge on any atom is 0.298 e. The van der Waals surface area contributed by atoms with Gasteiger partial charge in [-0.05, 0) is 31.2 Å². The molecule has 1 aromatic carbocycles. The lowest BCUT2D eigenvalue weighted by Gasteiger charge is -2.12. The van der Waals surface area contributed by atoms with Crippen LogP contribution in [-0.2, 0) is 4.79 Å². The highest BCUT2D eigenvalue weighted by atomic mass is 16.5. The number of rotatable bonds is 2. The van der Waals surface area contributed by atoms with Gasteiger partial charge in [0.25, 0.3) is 6.47 Å². The Kier molecular flexibility index (Phi) is 2.40. The van der Waals surface area contributed by atoms with Crippen molar-refractivity contribution in [3.05, 3.63) is 41.0 Å². The third-order valence-electron chi connectivity index (χ3n) is 2.39. The first kappa shape index (κ1) is 10.3. The summed E-state index contributed by atoms with van der Waals surface area (Å²) in [6, 6.07) is 4.37. The molecule has 0 atom stereocenters. The minimum absolute atomic E-state index is 0.174. The molecular formula is C12H8O4. The predicted molar refractivity (Wildman–Crippen MR) is 55.6 cm³/mol. The van der Waals surface area contributed by atoms with Crippen molar-refractivity contribution >= 4 is 18.0 Å². The molecular weight excluding hydrogens is 208 g/mol. The van der Waals surface area contributed by atoms with Gasteiger partial charge in [-0.1, -0.05) is 0 Å². The molecule has 0 unspecified atom stereocenters. The van der Waals surface area contributed by atoms with Crippen LogP contribution >= 0.6 is 0 Å². The number of allylic oxidation sites excluding steroid dienone is 2. The summed E-state index contributed by atoms with van der Waals surface area (Å²) in [5, 5.41) is 0. The molecule has 0 aromatic heterocycles. The normalized spacial score (nSPS) is 14.2. The minimum atomic E-state index is -0.247. The Labute approximate surface area is 91.5 Å². The zero-order valence-electron chi connectivity index (χ0n) is 8.52. The van der Waals surface area contributed by atoms with Crippen LogP contribution in [0.5, 0.6) is 5.75 Å². The van der Waals surface area contributed by atoms with E-state index in [1.165, 1.54) is 24.3 Å². The molecule has 1 aliphatic rings. The summed E-state index contributed by atoms with van der Waals surface area (Å²) in [7, 11) is 0. The predicted octanol–water partition coefficient (Wildman–Crippen LogP) is 1.55. The van der Waals surface area contributed by atoms with E-state index in [0.29, 0.717) is 11.1 Å². The van der Waals surface area contributed by atoms with Crippen LogP contribution in [0.15, 0.2) is 29.8 Å². The fourth-order valence-electron chi connectivity index (χ4n) is 1.61. The second kappa shape index (κ2) is 3.73. The molecule has 0 bridgehead atoms. The van der Waals surface area contributed by atoms with Gasteiger partial charge in [0.05, 0.1) is 0 Å². The van der Waals surface area contributed by atoms with Crippen LogP contribution in [0.2, 0.25) is 0 Å². The number of ketones is 2. The summed E-state index contributed by atoms with van der Waals surface area (Å²) in [4.78, 5) is 33.5. The number of hydrogen-bond donors (Lipinski definition) is 0. The number of fused-ring (bicyclic) bond motifs is 1. The topological polar surface area (TPSA) is 60.4 Å². The number of benzene rings is 1. The van der Waals surface area contributed by atoms with Crippen molar-refractivity contribution in [1.82, 2.24) is 0 Å². The van der Waals surface area contributed by atoms with Crippen LogP contribution in [0.1, 0.15) is 27.6 Å². The number of carbonyl (C=O) groups excluding carboxylic acids is 3. The van der Waals surface area contributed by atoms with Crippen molar-refractivity contribution in [1.29, 1.82) is 0 Å². The zero-order chi connectivity index (χ0) is 11.7. The Hall–Kier alpha value is -2.23. The highest BCUT2D eigenvalue weighted by Crippen LogP contribution is 2.24. The van der Waals surface area contributed by atoms with E-state index < -0.39 is 0 Å². The van der Waals surface area contributed by atoms with Crippen LogP contribution < -0.4 is 4.74 Å². The Morgan fingerprint density at radius 3 is 2.62 bits per heavy atom. The van der Waals surface area contributed by atoms with E-state index in [0.717, 1.165) is 0 Å². The van der Waals surface area contributed by atoms with Gasteiger partial charge in [-0.25, -0.2) is 0 Å². The van der Waals surface area contributed by atoms with E-state index in [1.807, 2.05) is 0 Å². The summed E-state index contributed by atoms with van der Waals surface area (Å²) in [6.45, 7) is 1.87. The molecule has 0 fully saturated rings. The van der Waals surface area contributed by atoms with Crippen molar-refractivity contribution < 1.29 is 19.1 Å². The van der Waals surface area contributed by atoms with Gasteiger partial charge >= 0.3 is 0 Å². The van der Waals surface area contributed by atoms with Gasteiger partial charge < -0.3 is 4.74 Å². The summed E-state index contributed by atoms with van der Waals surface area (Å²) in [6.07, 6.45) is 1.29. The fraction of sp³-hybridized carbons (Fsp3) is 0.0833. The molecule has 0 saturated carbocycles. The molecule has 1 aromatic rings. The largest absolute Gasteiger partial charge is 0.429 e. The van der Waals surface area contributed by atoms with E-state index in [9.17, 15) is 14.4 Å². The van der Waals surface area contributed by atoms with Gasteiger partial charge in [-0.15, -0.1) is 0 Å². The second-order valence-corrected chi connectivity index (χ2v) is 3.44. The van der Waals surface area contributed by atoms with Crippen LogP contribution in [0.4, 0.5) is 0 Å². The number of carbonyl (C=O) groups is 3. The summed E-state index contributed by atoms with van der Waals surface area (Å²) in [5.41, 5.74) is 1.04. The third-order valence-corrected chi connectivity index (χ3v) is 2.39. The van der Waals surface area contributed by atoms with Crippen LogP contribution in [-0.4, -0.2) is 18.0 Å². The first-order valence-corrected chi connectivity index (χ1v) is 4.65. The molecule has 1 aliphatic carbocycles. The molecule has 4 heteroatoms. The van der Waals surface area contributed by atoms with Gasteiger partial charge in [0.2, 0.25) is 0 Å². The highest BCUT2D eigenvalue weighted by Gasteiger charge is 2.23. The summed E-state index contributed by atoms with van der Waals surface area (Å²) in [5.74, 6) is -0.168. The van der Waals surface area contributed by atoms with E-state index in [1.54, 1.807) is 6.92 Å². The molecule has 16 heavy (non-hydrogen) atoms. The van der Waals surface area contributed by atoms with Crippen LogP contribution in [0.3, 0.4) is 0 Å². The fourth-order valence-corrected chi connectivity index (χ4v) is 1.61. The average Bonchev–Trinajstić information content (AvgIpc) is 2.27. The lowest BCUT2D eigenvalue weighted by Crippen LogP contribution is -2.15. The second-order valence-electron chi connectivity index (χ2n) is 3.44. The molecule has 0 N–H and O–H groups in total. The number of ether oxygens (including phenoxy) is 1. The van der Waals surface area contributed by atoms with Gasteiger partial charge in [0, 0.05) is 16.7 Å². The monoisotopic (exact) mass is 216 g/mol. The first-order chi connectivity index (χ1) is 7.63. The standard InChI is InChI=1S/C12H8O4/c1-7-4-11(14)10-5-8(16-6-13)2-3-9(10)12(7)15/h2-6H,1H3. The minimum Gasteiger partial charge on any atom is -0.429 e. The Balaban J connectivity index is 2.55. The Morgan fingerprint density at radius 2 is 1.94 bits per heavy atom.